The van der Waals surface area contributed by atoms with Gasteiger partial charge in [-0.2, -0.15) is 0 Å². The number of hydrogen-bond donors (Lipinski definition) is 2. The van der Waals surface area contributed by atoms with Crippen LogP contribution in [0.1, 0.15) is 38.5 Å². The zero-order valence-corrected chi connectivity index (χ0v) is 14.7. The van der Waals surface area contributed by atoms with E-state index in [4.69, 9.17) is 5.73 Å². The van der Waals surface area contributed by atoms with Crippen molar-refractivity contribution in [3.63, 3.8) is 0 Å². The lowest BCUT2D eigenvalue weighted by atomic mass is 9.95. The summed E-state index contributed by atoms with van der Waals surface area (Å²) in [5.41, 5.74) is 6.86. The smallest absolute Gasteiger partial charge is 0.324 e. The topological polar surface area (TPSA) is 115 Å². The van der Waals surface area contributed by atoms with Crippen molar-refractivity contribution in [2.75, 3.05) is 5.32 Å². The first-order valence-electron chi connectivity index (χ1n) is 7.63. The number of fused-ring (bicyclic) bond motifs is 1. The molecule has 2 amide bonds. The molecule has 2 aromatic rings. The molecule has 130 valence electrons. The Labute approximate surface area is 151 Å². The van der Waals surface area contributed by atoms with E-state index < -0.39 is 16.7 Å². The van der Waals surface area contributed by atoms with Crippen molar-refractivity contribution in [1.82, 2.24) is 0 Å². The number of thiophene rings is 2. The standard InChI is InChI=1S/C16H15N3O4S2/c17-15(21)14-10-3-1-2-4-11(10)25-16(14)18-12(20)7-5-9-6-8-13(24-9)19(22)23/h5-8H,1-4H2,(H2,17,21)(H,18,20). The summed E-state index contributed by atoms with van der Waals surface area (Å²) in [6.07, 6.45) is 6.56. The molecule has 7 nitrogen and oxygen atoms in total. The number of anilines is 1. The highest BCUT2D eigenvalue weighted by Crippen LogP contribution is 2.37. The summed E-state index contributed by atoms with van der Waals surface area (Å²) in [4.78, 5) is 35.8. The van der Waals surface area contributed by atoms with Gasteiger partial charge in [0.1, 0.15) is 5.00 Å². The summed E-state index contributed by atoms with van der Waals surface area (Å²) in [5, 5.41) is 13.9. The van der Waals surface area contributed by atoms with E-state index >= 15 is 0 Å². The van der Waals surface area contributed by atoms with Crippen LogP contribution in [-0.4, -0.2) is 16.7 Å². The molecule has 0 unspecified atom stereocenters. The molecule has 0 aromatic carbocycles. The molecule has 2 heterocycles. The zero-order valence-electron chi connectivity index (χ0n) is 13.1. The minimum absolute atomic E-state index is 0.0157. The van der Waals surface area contributed by atoms with E-state index in [2.05, 4.69) is 5.32 Å². The van der Waals surface area contributed by atoms with E-state index in [9.17, 15) is 19.7 Å². The number of amides is 2. The molecule has 0 saturated heterocycles. The first kappa shape index (κ1) is 17.3. The minimum atomic E-state index is -0.535. The molecule has 3 rings (SSSR count). The number of carbonyl (C=O) groups excluding carboxylic acids is 2. The fraction of sp³-hybridized carbons (Fsp3) is 0.250. The van der Waals surface area contributed by atoms with Gasteiger partial charge in [-0.25, -0.2) is 0 Å². The Kier molecular flexibility index (Phi) is 4.95. The number of rotatable bonds is 5. The molecule has 9 heteroatoms. The number of carbonyl (C=O) groups is 2. The van der Waals surface area contributed by atoms with Crippen molar-refractivity contribution in [3.05, 3.63) is 49.2 Å². The van der Waals surface area contributed by atoms with Crippen molar-refractivity contribution in [1.29, 1.82) is 0 Å². The third-order valence-corrected chi connectivity index (χ3v) is 6.06. The number of nitro groups is 1. The maximum Gasteiger partial charge on any atom is 0.324 e. The van der Waals surface area contributed by atoms with E-state index in [0.717, 1.165) is 47.5 Å². The quantitative estimate of drug-likeness (QED) is 0.472. The lowest BCUT2D eigenvalue weighted by Gasteiger charge is -2.11. The van der Waals surface area contributed by atoms with Crippen LogP contribution in [0.4, 0.5) is 10.0 Å². The van der Waals surface area contributed by atoms with Gasteiger partial charge in [0.25, 0.3) is 5.91 Å². The summed E-state index contributed by atoms with van der Waals surface area (Å²) in [6, 6.07) is 2.96. The maximum atomic E-state index is 12.1. The molecular formula is C16H15N3O4S2. The highest BCUT2D eigenvalue weighted by Gasteiger charge is 2.24. The monoisotopic (exact) mass is 377 g/mol. The Hall–Kier alpha value is -2.52. The van der Waals surface area contributed by atoms with E-state index in [-0.39, 0.29) is 5.00 Å². The molecule has 25 heavy (non-hydrogen) atoms. The van der Waals surface area contributed by atoms with Gasteiger partial charge in [-0.05, 0) is 43.4 Å². The first-order valence-corrected chi connectivity index (χ1v) is 9.26. The molecule has 2 aromatic heterocycles. The van der Waals surface area contributed by atoms with E-state index in [1.807, 2.05) is 0 Å². The highest BCUT2D eigenvalue weighted by atomic mass is 32.1. The van der Waals surface area contributed by atoms with Crippen molar-refractivity contribution >= 4 is 50.6 Å². The number of nitrogens with zero attached hydrogens (tertiary/aromatic N) is 1. The second-order valence-corrected chi connectivity index (χ2v) is 7.73. The summed E-state index contributed by atoms with van der Waals surface area (Å²) >= 11 is 2.38. The van der Waals surface area contributed by atoms with E-state index in [1.165, 1.54) is 29.6 Å². The number of nitrogens with two attached hydrogens (primary N) is 1. The summed E-state index contributed by atoms with van der Waals surface area (Å²) in [5.74, 6) is -0.940. The molecule has 0 bridgehead atoms. The molecule has 0 atom stereocenters. The summed E-state index contributed by atoms with van der Waals surface area (Å²) < 4.78 is 0. The molecule has 3 N–H and O–H groups in total. The van der Waals surface area contributed by atoms with Gasteiger partial charge in [0.2, 0.25) is 5.91 Å². The Morgan fingerprint density at radius 3 is 2.68 bits per heavy atom. The SMILES string of the molecule is NC(=O)c1c(NC(=O)C=Cc2ccc([N+](=O)[O-])s2)sc2c1CCCC2. The lowest BCUT2D eigenvalue weighted by Crippen LogP contribution is -2.17. The normalized spacial score (nSPS) is 13.6. The van der Waals surface area contributed by atoms with Gasteiger partial charge in [-0.15, -0.1) is 11.3 Å². The molecule has 0 saturated carbocycles. The Balaban J connectivity index is 1.76. The molecule has 0 spiro atoms. The van der Waals surface area contributed by atoms with Gasteiger partial charge in [0.05, 0.1) is 10.5 Å². The fourth-order valence-electron chi connectivity index (χ4n) is 2.76. The third-order valence-electron chi connectivity index (χ3n) is 3.85. The summed E-state index contributed by atoms with van der Waals surface area (Å²) in [6.45, 7) is 0. The molecule has 0 radical (unpaired) electrons. The van der Waals surface area contributed by atoms with Gasteiger partial charge < -0.3 is 11.1 Å². The maximum absolute atomic E-state index is 12.1. The molecule has 1 aliphatic rings. The molecule has 0 fully saturated rings. The zero-order chi connectivity index (χ0) is 18.0. The second-order valence-electron chi connectivity index (χ2n) is 5.53. The van der Waals surface area contributed by atoms with Crippen molar-refractivity contribution in [2.45, 2.75) is 25.7 Å². The Morgan fingerprint density at radius 1 is 1.24 bits per heavy atom. The average molecular weight is 377 g/mol. The van der Waals surface area contributed by atoms with Gasteiger partial charge in [-0.3, -0.25) is 19.7 Å². The van der Waals surface area contributed by atoms with E-state index in [0.29, 0.717) is 15.4 Å². The van der Waals surface area contributed by atoms with Gasteiger partial charge in [0.15, 0.2) is 0 Å². The van der Waals surface area contributed by atoms with Gasteiger partial charge in [0, 0.05) is 21.9 Å². The number of aryl methyl sites for hydroxylation is 1. The van der Waals surface area contributed by atoms with Gasteiger partial charge in [-0.1, -0.05) is 11.3 Å². The number of hydrogen-bond acceptors (Lipinski definition) is 6. The van der Waals surface area contributed by atoms with Gasteiger partial charge >= 0.3 is 5.00 Å². The fourth-order valence-corrected chi connectivity index (χ4v) is 4.78. The van der Waals surface area contributed by atoms with Crippen LogP contribution in [0.25, 0.3) is 6.08 Å². The number of primary amides is 1. The average Bonchev–Trinajstić information content (AvgIpc) is 3.17. The van der Waals surface area contributed by atoms with Crippen LogP contribution >= 0.6 is 22.7 Å². The molecule has 0 aliphatic heterocycles. The third kappa shape index (κ3) is 3.77. The highest BCUT2D eigenvalue weighted by molar-refractivity contribution is 7.17. The van der Waals surface area contributed by atoms with Crippen LogP contribution in [0, 0.1) is 10.1 Å². The number of nitrogens with one attached hydrogen (secondary N) is 1. The predicted octanol–water partition coefficient (Wildman–Crippen LogP) is 3.35. The van der Waals surface area contributed by atoms with Crippen LogP contribution in [0.5, 0.6) is 0 Å². The largest absolute Gasteiger partial charge is 0.365 e. The van der Waals surface area contributed by atoms with Crippen molar-refractivity contribution in [3.8, 4) is 0 Å². The minimum Gasteiger partial charge on any atom is -0.365 e. The Bertz CT molecular complexity index is 882. The predicted molar refractivity (Wildman–Crippen MR) is 98.1 cm³/mol. The Morgan fingerprint density at radius 2 is 2.00 bits per heavy atom. The van der Waals surface area contributed by atoms with Crippen molar-refractivity contribution in [2.24, 2.45) is 5.73 Å². The lowest BCUT2D eigenvalue weighted by molar-refractivity contribution is -0.380. The van der Waals surface area contributed by atoms with E-state index in [1.54, 1.807) is 6.07 Å². The molecule has 1 aliphatic carbocycles. The molecular weight excluding hydrogens is 362 g/mol. The van der Waals surface area contributed by atoms with Crippen LogP contribution in [-0.2, 0) is 17.6 Å². The second kappa shape index (κ2) is 7.16. The van der Waals surface area contributed by atoms with Crippen LogP contribution in [0.15, 0.2) is 18.2 Å². The van der Waals surface area contributed by atoms with Crippen LogP contribution < -0.4 is 11.1 Å². The van der Waals surface area contributed by atoms with Crippen molar-refractivity contribution < 1.29 is 14.5 Å². The van der Waals surface area contributed by atoms with Crippen LogP contribution in [0.2, 0.25) is 0 Å². The summed E-state index contributed by atoms with van der Waals surface area (Å²) in [7, 11) is 0. The first-order chi connectivity index (χ1) is 12.0. The van der Waals surface area contributed by atoms with Crippen LogP contribution in [0.3, 0.4) is 0 Å².